The molecule has 1 saturated heterocycles. The summed E-state index contributed by atoms with van der Waals surface area (Å²) < 4.78 is 18.6. The van der Waals surface area contributed by atoms with Crippen molar-refractivity contribution < 1.29 is 32.8 Å². The third kappa shape index (κ3) is 12.4. The first kappa shape index (κ1) is 41.0. The van der Waals surface area contributed by atoms with Crippen LogP contribution in [-0.2, 0) is 29.2 Å². The first-order valence-corrected chi connectivity index (χ1v) is 18.9. The van der Waals surface area contributed by atoms with Crippen molar-refractivity contribution >= 4 is 36.2 Å². The largest absolute Gasteiger partial charge is 0.525 e. The van der Waals surface area contributed by atoms with Gasteiger partial charge in [0.2, 0.25) is 5.69 Å². The minimum Gasteiger partial charge on any atom is -0.496 e. The van der Waals surface area contributed by atoms with Gasteiger partial charge in [-0.1, -0.05) is 114 Å². The Morgan fingerprint density at radius 2 is 1.47 bits per heavy atom. The van der Waals surface area contributed by atoms with Crippen LogP contribution >= 0.6 is 24.2 Å². The molecule has 1 aliphatic heterocycles. The van der Waals surface area contributed by atoms with Crippen LogP contribution in [0, 0.1) is 0 Å². The fraction of sp³-hybridized carbons (Fsp3) is 0.658. The number of hydrogen-bond acceptors (Lipinski definition) is 6. The average molecular weight is 693 g/mol. The molecule has 1 aromatic heterocycles. The van der Waals surface area contributed by atoms with Gasteiger partial charge in [-0.05, 0) is 31.0 Å². The van der Waals surface area contributed by atoms with Gasteiger partial charge in [0.15, 0.2) is 18.1 Å². The third-order valence-electron chi connectivity index (χ3n) is 9.22. The Kier molecular flexibility index (Phi) is 20.3. The van der Waals surface area contributed by atoms with Gasteiger partial charge in [-0.3, -0.25) is 0 Å². The second-order valence-corrected chi connectivity index (χ2v) is 13.9. The van der Waals surface area contributed by atoms with E-state index < -0.39 is 10.6 Å². The lowest BCUT2D eigenvalue weighted by Gasteiger charge is -2.41. The van der Waals surface area contributed by atoms with Crippen LogP contribution in [0.2, 0.25) is 0 Å². The van der Waals surface area contributed by atoms with Gasteiger partial charge < -0.3 is 14.2 Å². The molecule has 0 spiro atoms. The molecule has 1 aliphatic rings. The number of aryl methyl sites for hydroxylation is 1. The van der Waals surface area contributed by atoms with E-state index in [1.165, 1.54) is 90.6 Å². The maximum absolute atomic E-state index is 14.4. The molecule has 0 aliphatic carbocycles. The van der Waals surface area contributed by atoms with Gasteiger partial charge >= 0.3 is 12.0 Å². The highest BCUT2D eigenvalue weighted by Gasteiger charge is 2.57. The lowest BCUT2D eigenvalue weighted by molar-refractivity contribution is -0.821. The van der Waals surface area contributed by atoms with Gasteiger partial charge in [0.05, 0.1) is 20.8 Å². The molecule has 0 N–H and O–H groups in total. The number of benzene rings is 1. The van der Waals surface area contributed by atoms with Crippen LogP contribution < -0.4 is 9.30 Å². The molecule has 2 unspecified atom stereocenters. The number of pyridine rings is 1. The van der Waals surface area contributed by atoms with Crippen LogP contribution in [0.1, 0.15) is 132 Å². The van der Waals surface area contributed by atoms with E-state index in [0.717, 1.165) is 43.0 Å². The molecule has 0 saturated carbocycles. The van der Waals surface area contributed by atoms with Crippen LogP contribution in [0.15, 0.2) is 42.6 Å². The fourth-order valence-electron chi connectivity index (χ4n) is 6.34. The van der Waals surface area contributed by atoms with Crippen molar-refractivity contribution in [2.24, 2.45) is 0 Å². The van der Waals surface area contributed by atoms with Gasteiger partial charge in [0.25, 0.3) is 0 Å². The number of halogens is 1. The molecule has 0 radical (unpaired) electrons. The molecule has 2 amide bonds. The number of amides is 2. The fourth-order valence-corrected chi connectivity index (χ4v) is 7.30. The summed E-state index contributed by atoms with van der Waals surface area (Å²) >= 11 is 1.64. The molecule has 1 aromatic carbocycles. The standard InChI is InChI=1S/C38H60N2O5S.ClH/c1-5-7-8-9-10-11-12-13-14-15-16-17-18-21-27-45-31-32-24-26-39(6-2)33(29-32)30-40(38(42)44-4,36-25-28-46-36)37(41)34-22-19-20-23-35(34)43-3;/h19-20,22-24,26,29,36H,5-18,21,25,27-28,30-31H2,1-4H3;1H/q+2;. The SMILES string of the molecule is CCCCCCCCCCCCCCCCOCc1cc[n+](CC)c(C[N+](C(=O)OC)(C(=O)c2ccccc2OC)C2CCS2)c1.Cl. The summed E-state index contributed by atoms with van der Waals surface area (Å²) in [7, 11) is 2.91. The van der Waals surface area contributed by atoms with E-state index in [0.29, 0.717) is 17.9 Å². The van der Waals surface area contributed by atoms with Gasteiger partial charge in [-0.25, -0.2) is 4.79 Å². The number of aromatic nitrogens is 1. The molecule has 9 heteroatoms. The number of nitrogens with zero attached hydrogens (tertiary/aromatic N) is 2. The number of unbranched alkanes of at least 4 members (excludes halogenated alkanes) is 13. The quantitative estimate of drug-likeness (QED) is 0.0656. The minimum atomic E-state index is -0.546. The monoisotopic (exact) mass is 692 g/mol. The van der Waals surface area contributed by atoms with Crippen molar-refractivity contribution in [3.8, 4) is 5.75 Å². The highest BCUT2D eigenvalue weighted by molar-refractivity contribution is 8.01. The third-order valence-corrected chi connectivity index (χ3v) is 10.7. The Morgan fingerprint density at radius 3 is 2.00 bits per heavy atom. The lowest BCUT2D eigenvalue weighted by atomic mass is 10.0. The first-order chi connectivity index (χ1) is 22.5. The van der Waals surface area contributed by atoms with Crippen LogP contribution in [-0.4, -0.2) is 48.4 Å². The zero-order chi connectivity index (χ0) is 33.0. The number of rotatable bonds is 23. The second-order valence-electron chi connectivity index (χ2n) is 12.6. The van der Waals surface area contributed by atoms with E-state index in [9.17, 15) is 9.59 Å². The molecular formula is C38H61ClN2O5S+2. The molecule has 7 nitrogen and oxygen atoms in total. The van der Waals surface area contributed by atoms with Crippen LogP contribution in [0.4, 0.5) is 4.79 Å². The molecule has 3 rings (SSSR count). The molecular weight excluding hydrogens is 632 g/mol. The topological polar surface area (TPSA) is 65.7 Å². The van der Waals surface area contributed by atoms with E-state index in [1.54, 1.807) is 37.1 Å². The Labute approximate surface area is 295 Å². The van der Waals surface area contributed by atoms with E-state index in [1.807, 2.05) is 12.3 Å². The molecule has 2 aromatic rings. The van der Waals surface area contributed by atoms with Crippen molar-refractivity contribution in [3.63, 3.8) is 0 Å². The lowest BCUT2D eigenvalue weighted by Crippen LogP contribution is -2.64. The number of hydrogen-bond donors (Lipinski definition) is 0. The zero-order valence-electron chi connectivity index (χ0n) is 29.5. The second kappa shape index (κ2) is 23.3. The summed E-state index contributed by atoms with van der Waals surface area (Å²) in [5, 5.41) is -0.226. The van der Waals surface area contributed by atoms with Gasteiger partial charge in [-0.2, -0.15) is 9.36 Å². The molecule has 1 fully saturated rings. The van der Waals surface area contributed by atoms with Crippen molar-refractivity contribution in [1.82, 2.24) is 0 Å². The number of ether oxygens (including phenoxy) is 3. The van der Waals surface area contributed by atoms with Crippen molar-refractivity contribution in [3.05, 3.63) is 59.4 Å². The van der Waals surface area contributed by atoms with E-state index in [2.05, 4.69) is 30.5 Å². The molecule has 0 bridgehead atoms. The van der Waals surface area contributed by atoms with Crippen molar-refractivity contribution in [1.29, 1.82) is 0 Å². The van der Waals surface area contributed by atoms with E-state index in [4.69, 9.17) is 14.2 Å². The van der Waals surface area contributed by atoms with Crippen molar-refractivity contribution in [2.45, 2.75) is 135 Å². The van der Waals surface area contributed by atoms with Crippen LogP contribution in [0.3, 0.4) is 0 Å². The number of carbonyl (C=O) groups is 2. The summed E-state index contributed by atoms with van der Waals surface area (Å²) in [5.74, 6) is 1.06. The predicted molar refractivity (Wildman–Crippen MR) is 194 cm³/mol. The highest BCUT2D eigenvalue weighted by atomic mass is 35.5. The number of para-hydroxylation sites is 1. The summed E-state index contributed by atoms with van der Waals surface area (Å²) in [6, 6.07) is 11.3. The Hall–Kier alpha value is -2.13. The van der Waals surface area contributed by atoms with Crippen LogP contribution in [0.25, 0.3) is 0 Å². The smallest absolute Gasteiger partial charge is 0.496 e. The first-order valence-electron chi connectivity index (χ1n) is 17.9. The molecule has 2 atom stereocenters. The Bertz CT molecular complexity index is 1190. The Morgan fingerprint density at radius 1 is 0.872 bits per heavy atom. The molecule has 264 valence electrons. The van der Waals surface area contributed by atoms with Crippen LogP contribution in [0.5, 0.6) is 5.75 Å². The van der Waals surface area contributed by atoms with E-state index >= 15 is 0 Å². The van der Waals surface area contributed by atoms with Gasteiger partial charge in [0, 0.05) is 30.9 Å². The summed E-state index contributed by atoms with van der Waals surface area (Å²) in [4.78, 5) is 28.0. The predicted octanol–water partition coefficient (Wildman–Crippen LogP) is 9.81. The summed E-state index contributed by atoms with van der Waals surface area (Å²) in [6.45, 7) is 6.51. The summed E-state index contributed by atoms with van der Waals surface area (Å²) in [6.07, 6.45) is 21.0. The zero-order valence-corrected chi connectivity index (χ0v) is 31.1. The molecule has 47 heavy (non-hydrogen) atoms. The van der Waals surface area contributed by atoms with Gasteiger partial charge in [0.1, 0.15) is 17.9 Å². The Balaban J connectivity index is 0.00000768. The number of imide groups is 1. The highest BCUT2D eigenvalue weighted by Crippen LogP contribution is 2.41. The summed E-state index contributed by atoms with van der Waals surface area (Å²) in [5.41, 5.74) is 2.33. The number of thioether (sulfide) groups is 1. The number of carbonyl (C=O) groups excluding carboxylic acids is 2. The maximum Gasteiger partial charge on any atom is 0.525 e. The van der Waals surface area contributed by atoms with E-state index in [-0.39, 0.29) is 30.2 Å². The average Bonchev–Trinajstić information content (AvgIpc) is 3.06. The maximum atomic E-state index is 14.4. The normalized spacial score (nSPS) is 15.3. The van der Waals surface area contributed by atoms with Gasteiger partial charge in [-0.15, -0.1) is 16.9 Å². The molecule has 2 heterocycles. The van der Waals surface area contributed by atoms with Crippen molar-refractivity contribution in [2.75, 3.05) is 26.6 Å². The minimum absolute atomic E-state index is 0. The number of methoxy groups -OCH3 is 2. The number of quaternary nitrogens is 1.